The maximum Gasteiger partial charge on any atom is 0.249 e. The summed E-state index contributed by atoms with van der Waals surface area (Å²) >= 11 is 12.0. The van der Waals surface area contributed by atoms with Crippen molar-refractivity contribution in [1.29, 1.82) is 0 Å². The summed E-state index contributed by atoms with van der Waals surface area (Å²) in [6.07, 6.45) is 3.61. The van der Waals surface area contributed by atoms with E-state index in [2.05, 4.69) is 25.3 Å². The highest BCUT2D eigenvalue weighted by molar-refractivity contribution is 6.42. The van der Waals surface area contributed by atoms with Gasteiger partial charge < -0.3 is 15.2 Å². The number of carbonyl (C=O) groups excluding carboxylic acids is 1. The van der Waals surface area contributed by atoms with Gasteiger partial charge in [-0.05, 0) is 24.6 Å². The molecule has 24 heavy (non-hydrogen) atoms. The minimum Gasteiger partial charge on any atom is -0.356 e. The zero-order chi connectivity index (χ0) is 16.7. The molecular formula is C15H12Cl2N6O. The van der Waals surface area contributed by atoms with E-state index in [1.54, 1.807) is 29.4 Å². The molecule has 2 N–H and O–H groups in total. The van der Waals surface area contributed by atoms with E-state index in [9.17, 15) is 4.79 Å². The molecule has 9 heteroatoms. The Balaban J connectivity index is 1.57. The van der Waals surface area contributed by atoms with Crippen molar-refractivity contribution < 1.29 is 4.79 Å². The fourth-order valence-corrected chi connectivity index (χ4v) is 3.06. The number of H-pyrrole nitrogens is 1. The molecule has 0 bridgehead atoms. The summed E-state index contributed by atoms with van der Waals surface area (Å²) in [5.41, 5.74) is 1.96. The fourth-order valence-electron chi connectivity index (χ4n) is 2.76. The molecule has 0 radical (unpaired) electrons. The Bertz CT molecular complexity index is 927. The number of benzene rings is 1. The minimum absolute atomic E-state index is 0.0420. The summed E-state index contributed by atoms with van der Waals surface area (Å²) in [6.45, 7) is 0.589. The molecule has 0 spiro atoms. The Labute approximate surface area is 147 Å². The Morgan fingerprint density at radius 1 is 1.21 bits per heavy atom. The van der Waals surface area contributed by atoms with Crippen LogP contribution in [0.1, 0.15) is 6.42 Å². The van der Waals surface area contributed by atoms with Crippen molar-refractivity contribution in [3.63, 3.8) is 0 Å². The predicted octanol–water partition coefficient (Wildman–Crippen LogP) is 2.88. The van der Waals surface area contributed by atoms with E-state index in [1.165, 1.54) is 6.33 Å². The molecular weight excluding hydrogens is 351 g/mol. The third kappa shape index (κ3) is 2.55. The lowest BCUT2D eigenvalue weighted by Crippen LogP contribution is -2.33. The molecule has 0 saturated carbocycles. The molecule has 1 unspecified atom stereocenters. The van der Waals surface area contributed by atoms with E-state index in [0.717, 1.165) is 5.69 Å². The molecule has 1 aromatic carbocycles. The van der Waals surface area contributed by atoms with Crippen LogP contribution >= 0.6 is 23.2 Å². The van der Waals surface area contributed by atoms with Gasteiger partial charge in [0.1, 0.15) is 17.9 Å². The lowest BCUT2D eigenvalue weighted by molar-refractivity contribution is -0.117. The van der Waals surface area contributed by atoms with Crippen molar-refractivity contribution in [2.24, 2.45) is 0 Å². The summed E-state index contributed by atoms with van der Waals surface area (Å²) in [6, 6.07) is 4.79. The van der Waals surface area contributed by atoms with Crippen molar-refractivity contribution >= 4 is 51.8 Å². The minimum atomic E-state index is -0.374. The first-order chi connectivity index (χ1) is 11.6. The second-order valence-corrected chi connectivity index (χ2v) is 6.21. The first-order valence-corrected chi connectivity index (χ1v) is 8.06. The molecule has 1 aliphatic rings. The SMILES string of the molecule is O=C1C(Nc2ncnc3nc[nH]c23)CCN1c1ccc(Cl)c(Cl)c1. The number of imidazole rings is 1. The number of fused-ring (bicyclic) bond motifs is 1. The van der Waals surface area contributed by atoms with Crippen molar-refractivity contribution in [2.45, 2.75) is 12.5 Å². The van der Waals surface area contributed by atoms with Crippen LogP contribution in [-0.4, -0.2) is 38.4 Å². The molecule has 1 atom stereocenters. The van der Waals surface area contributed by atoms with E-state index < -0.39 is 0 Å². The maximum absolute atomic E-state index is 12.7. The number of nitrogens with one attached hydrogen (secondary N) is 2. The molecule has 2 aromatic heterocycles. The zero-order valence-corrected chi connectivity index (χ0v) is 13.8. The molecule has 1 saturated heterocycles. The summed E-state index contributed by atoms with van der Waals surface area (Å²) in [5.74, 6) is 0.520. The topological polar surface area (TPSA) is 86.8 Å². The van der Waals surface area contributed by atoms with Gasteiger partial charge in [-0.25, -0.2) is 15.0 Å². The van der Waals surface area contributed by atoms with Gasteiger partial charge in [0.05, 0.1) is 16.4 Å². The van der Waals surface area contributed by atoms with Crippen LogP contribution in [0.3, 0.4) is 0 Å². The molecule has 1 fully saturated rings. The Hall–Kier alpha value is -2.38. The normalized spacial score (nSPS) is 17.7. The van der Waals surface area contributed by atoms with Gasteiger partial charge >= 0.3 is 0 Å². The molecule has 7 nitrogen and oxygen atoms in total. The van der Waals surface area contributed by atoms with E-state index >= 15 is 0 Å². The number of aromatic amines is 1. The number of aromatic nitrogens is 4. The van der Waals surface area contributed by atoms with Gasteiger partial charge in [-0.2, -0.15) is 0 Å². The third-order valence-electron chi connectivity index (χ3n) is 3.95. The number of halogens is 2. The molecule has 1 amide bonds. The van der Waals surface area contributed by atoms with Crippen molar-refractivity contribution in [1.82, 2.24) is 19.9 Å². The number of carbonyl (C=O) groups is 1. The second kappa shape index (κ2) is 5.92. The van der Waals surface area contributed by atoms with Crippen molar-refractivity contribution in [3.05, 3.63) is 40.9 Å². The largest absolute Gasteiger partial charge is 0.356 e. The standard InChI is InChI=1S/C15H12Cl2N6O/c16-9-2-1-8(5-10(9)17)23-4-3-11(15(23)24)22-14-12-13(19-6-18-12)20-7-21-14/h1-2,5-7,11H,3-4H2,(H2,18,19,20,21,22). The molecule has 0 aliphatic carbocycles. The van der Waals surface area contributed by atoms with Crippen LogP contribution in [0.25, 0.3) is 11.2 Å². The summed E-state index contributed by atoms with van der Waals surface area (Å²) < 4.78 is 0. The molecule has 1 aliphatic heterocycles. The van der Waals surface area contributed by atoms with E-state index in [1.807, 2.05) is 0 Å². The summed E-state index contributed by atoms with van der Waals surface area (Å²) in [4.78, 5) is 29.7. The molecule has 3 aromatic rings. The first kappa shape index (κ1) is 15.2. The highest BCUT2D eigenvalue weighted by Crippen LogP contribution is 2.30. The number of nitrogens with zero attached hydrogens (tertiary/aromatic N) is 4. The van der Waals surface area contributed by atoms with Crippen molar-refractivity contribution in [2.75, 3.05) is 16.8 Å². The van der Waals surface area contributed by atoms with Crippen LogP contribution in [0, 0.1) is 0 Å². The lowest BCUT2D eigenvalue weighted by atomic mass is 10.2. The van der Waals surface area contributed by atoms with Gasteiger partial charge in [-0.1, -0.05) is 23.2 Å². The van der Waals surface area contributed by atoms with Crippen LogP contribution in [-0.2, 0) is 4.79 Å². The first-order valence-electron chi connectivity index (χ1n) is 7.30. The van der Waals surface area contributed by atoms with Gasteiger partial charge in [0.15, 0.2) is 11.5 Å². The van der Waals surface area contributed by atoms with Crippen LogP contribution in [0.15, 0.2) is 30.9 Å². The number of hydrogen-bond donors (Lipinski definition) is 2. The average Bonchev–Trinajstić information content (AvgIpc) is 3.18. The monoisotopic (exact) mass is 362 g/mol. The van der Waals surface area contributed by atoms with Gasteiger partial charge in [0.2, 0.25) is 5.91 Å². The summed E-state index contributed by atoms with van der Waals surface area (Å²) in [5, 5.41) is 4.06. The highest BCUT2D eigenvalue weighted by atomic mass is 35.5. The number of amides is 1. The third-order valence-corrected chi connectivity index (χ3v) is 4.69. The molecule has 3 heterocycles. The smallest absolute Gasteiger partial charge is 0.249 e. The second-order valence-electron chi connectivity index (χ2n) is 5.40. The average molecular weight is 363 g/mol. The van der Waals surface area contributed by atoms with Gasteiger partial charge in [0.25, 0.3) is 0 Å². The number of hydrogen-bond acceptors (Lipinski definition) is 5. The Kier molecular flexibility index (Phi) is 3.74. The van der Waals surface area contributed by atoms with Gasteiger partial charge in [-0.3, -0.25) is 4.79 Å². The lowest BCUT2D eigenvalue weighted by Gasteiger charge is -2.18. The van der Waals surface area contributed by atoms with E-state index in [0.29, 0.717) is 40.0 Å². The fraction of sp³-hybridized carbons (Fsp3) is 0.200. The number of rotatable bonds is 3. The quantitative estimate of drug-likeness (QED) is 0.747. The maximum atomic E-state index is 12.7. The summed E-state index contributed by atoms with van der Waals surface area (Å²) in [7, 11) is 0. The molecule has 4 rings (SSSR count). The Morgan fingerprint density at radius 2 is 2.08 bits per heavy atom. The highest BCUT2D eigenvalue weighted by Gasteiger charge is 2.33. The van der Waals surface area contributed by atoms with Crippen LogP contribution < -0.4 is 10.2 Å². The predicted molar refractivity (Wildman–Crippen MR) is 92.5 cm³/mol. The number of anilines is 2. The Morgan fingerprint density at radius 3 is 2.92 bits per heavy atom. The van der Waals surface area contributed by atoms with Crippen LogP contribution in [0.4, 0.5) is 11.5 Å². The van der Waals surface area contributed by atoms with Crippen LogP contribution in [0.5, 0.6) is 0 Å². The van der Waals surface area contributed by atoms with Gasteiger partial charge in [-0.15, -0.1) is 0 Å². The van der Waals surface area contributed by atoms with Crippen molar-refractivity contribution in [3.8, 4) is 0 Å². The zero-order valence-electron chi connectivity index (χ0n) is 12.3. The van der Waals surface area contributed by atoms with E-state index in [4.69, 9.17) is 23.2 Å². The van der Waals surface area contributed by atoms with Crippen LogP contribution in [0.2, 0.25) is 10.0 Å². The molecule has 122 valence electrons. The van der Waals surface area contributed by atoms with E-state index in [-0.39, 0.29) is 11.9 Å². The van der Waals surface area contributed by atoms with Gasteiger partial charge in [0, 0.05) is 12.2 Å².